The first-order chi connectivity index (χ1) is 10.2. The van der Waals surface area contributed by atoms with Gasteiger partial charge >= 0.3 is 0 Å². The Morgan fingerprint density at radius 1 is 1.24 bits per heavy atom. The number of aryl methyl sites for hydroxylation is 1. The standard InChI is InChI=1S/C16H21N3OS/c1-2-12-3-5-13(6-4-12)8-10-18-16(20)14-11-21-15(19-14)7-9-17/h3-6,11H,2,7-10,17H2,1H3,(H,18,20). The molecule has 0 saturated heterocycles. The number of thiazole rings is 1. The predicted octanol–water partition coefficient (Wildman–Crippen LogP) is 2.18. The minimum Gasteiger partial charge on any atom is -0.350 e. The third-order valence-corrected chi connectivity index (χ3v) is 4.18. The van der Waals surface area contributed by atoms with E-state index in [1.807, 2.05) is 0 Å². The molecule has 0 unspecified atom stereocenters. The Morgan fingerprint density at radius 3 is 2.62 bits per heavy atom. The van der Waals surface area contributed by atoms with Crippen LogP contribution in [-0.2, 0) is 19.3 Å². The highest BCUT2D eigenvalue weighted by molar-refractivity contribution is 7.09. The van der Waals surface area contributed by atoms with Gasteiger partial charge < -0.3 is 11.1 Å². The maximum absolute atomic E-state index is 12.0. The minimum atomic E-state index is -0.111. The molecular formula is C16H21N3OS. The molecule has 0 fully saturated rings. The van der Waals surface area contributed by atoms with Crippen molar-refractivity contribution >= 4 is 17.2 Å². The average Bonchev–Trinajstić information content (AvgIpc) is 2.97. The van der Waals surface area contributed by atoms with Gasteiger partial charge in [-0.05, 0) is 30.5 Å². The summed E-state index contributed by atoms with van der Waals surface area (Å²) >= 11 is 1.48. The second-order valence-corrected chi connectivity index (χ2v) is 5.78. The maximum atomic E-state index is 12.0. The summed E-state index contributed by atoms with van der Waals surface area (Å²) in [5, 5.41) is 5.61. The summed E-state index contributed by atoms with van der Waals surface area (Å²) in [6, 6.07) is 8.51. The lowest BCUT2D eigenvalue weighted by Gasteiger charge is -2.04. The first-order valence-corrected chi connectivity index (χ1v) is 8.11. The van der Waals surface area contributed by atoms with E-state index in [9.17, 15) is 4.79 Å². The van der Waals surface area contributed by atoms with Crippen molar-refractivity contribution in [2.24, 2.45) is 5.73 Å². The zero-order valence-corrected chi connectivity index (χ0v) is 13.1. The Bertz CT molecular complexity index is 577. The highest BCUT2D eigenvalue weighted by atomic mass is 32.1. The fourth-order valence-electron chi connectivity index (χ4n) is 2.01. The van der Waals surface area contributed by atoms with Crippen LogP contribution in [0.5, 0.6) is 0 Å². The fourth-order valence-corrected chi connectivity index (χ4v) is 2.80. The lowest BCUT2D eigenvalue weighted by atomic mass is 10.1. The molecule has 112 valence electrons. The molecule has 0 aliphatic carbocycles. The van der Waals surface area contributed by atoms with Gasteiger partial charge in [0.2, 0.25) is 0 Å². The molecule has 1 aromatic heterocycles. The van der Waals surface area contributed by atoms with Crippen LogP contribution >= 0.6 is 11.3 Å². The molecule has 0 spiro atoms. The van der Waals surface area contributed by atoms with Gasteiger partial charge in [-0.1, -0.05) is 31.2 Å². The summed E-state index contributed by atoms with van der Waals surface area (Å²) < 4.78 is 0. The zero-order chi connectivity index (χ0) is 15.1. The van der Waals surface area contributed by atoms with Crippen LogP contribution in [0.4, 0.5) is 0 Å². The predicted molar refractivity (Wildman–Crippen MR) is 86.7 cm³/mol. The Kier molecular flexibility index (Phi) is 5.90. The summed E-state index contributed by atoms with van der Waals surface area (Å²) in [5.74, 6) is -0.111. The minimum absolute atomic E-state index is 0.111. The van der Waals surface area contributed by atoms with Crippen LogP contribution in [0.15, 0.2) is 29.6 Å². The summed E-state index contributed by atoms with van der Waals surface area (Å²) in [6.07, 6.45) is 2.60. The molecule has 2 aromatic rings. The van der Waals surface area contributed by atoms with Crippen molar-refractivity contribution < 1.29 is 4.79 Å². The van der Waals surface area contributed by atoms with Crippen molar-refractivity contribution in [3.05, 3.63) is 51.5 Å². The second-order valence-electron chi connectivity index (χ2n) is 4.84. The van der Waals surface area contributed by atoms with E-state index in [0.29, 0.717) is 18.8 Å². The van der Waals surface area contributed by atoms with E-state index in [1.165, 1.54) is 22.5 Å². The van der Waals surface area contributed by atoms with Gasteiger partial charge in [-0.15, -0.1) is 11.3 Å². The summed E-state index contributed by atoms with van der Waals surface area (Å²) in [5.41, 5.74) is 8.53. The van der Waals surface area contributed by atoms with E-state index in [2.05, 4.69) is 41.5 Å². The summed E-state index contributed by atoms with van der Waals surface area (Å²) in [4.78, 5) is 16.2. The van der Waals surface area contributed by atoms with Crippen molar-refractivity contribution in [1.82, 2.24) is 10.3 Å². The fraction of sp³-hybridized carbons (Fsp3) is 0.375. The number of hydrogen-bond donors (Lipinski definition) is 2. The maximum Gasteiger partial charge on any atom is 0.270 e. The Balaban J connectivity index is 1.80. The molecule has 1 aromatic carbocycles. The first kappa shape index (κ1) is 15.7. The van der Waals surface area contributed by atoms with Gasteiger partial charge in [-0.2, -0.15) is 0 Å². The number of hydrogen-bond acceptors (Lipinski definition) is 4. The largest absolute Gasteiger partial charge is 0.350 e. The monoisotopic (exact) mass is 303 g/mol. The van der Waals surface area contributed by atoms with Gasteiger partial charge in [0.1, 0.15) is 5.69 Å². The normalized spacial score (nSPS) is 10.6. The van der Waals surface area contributed by atoms with Crippen molar-refractivity contribution in [3.63, 3.8) is 0 Å². The number of carbonyl (C=O) groups excluding carboxylic acids is 1. The van der Waals surface area contributed by atoms with Crippen LogP contribution in [0.25, 0.3) is 0 Å². The van der Waals surface area contributed by atoms with Crippen molar-refractivity contribution in [2.45, 2.75) is 26.2 Å². The molecule has 5 heteroatoms. The number of aromatic nitrogens is 1. The van der Waals surface area contributed by atoms with Gasteiger partial charge in [-0.3, -0.25) is 4.79 Å². The molecule has 0 bridgehead atoms. The summed E-state index contributed by atoms with van der Waals surface area (Å²) in [6.45, 7) is 3.32. The molecule has 0 saturated carbocycles. The Morgan fingerprint density at radius 2 is 1.95 bits per heavy atom. The first-order valence-electron chi connectivity index (χ1n) is 7.23. The molecule has 0 atom stereocenters. The number of amides is 1. The molecule has 1 amide bonds. The zero-order valence-electron chi connectivity index (χ0n) is 12.3. The average molecular weight is 303 g/mol. The number of rotatable bonds is 7. The van der Waals surface area contributed by atoms with Crippen LogP contribution in [0.3, 0.4) is 0 Å². The molecule has 2 rings (SSSR count). The van der Waals surface area contributed by atoms with Crippen LogP contribution in [-0.4, -0.2) is 24.0 Å². The van der Waals surface area contributed by atoms with Crippen LogP contribution in [0, 0.1) is 0 Å². The Labute approximate surface area is 129 Å². The molecule has 0 aliphatic rings. The van der Waals surface area contributed by atoms with Gasteiger partial charge in [0.15, 0.2) is 0 Å². The quantitative estimate of drug-likeness (QED) is 0.824. The highest BCUT2D eigenvalue weighted by Gasteiger charge is 2.09. The molecule has 0 radical (unpaired) electrons. The molecule has 0 aliphatic heterocycles. The lowest BCUT2D eigenvalue weighted by molar-refractivity contribution is 0.0949. The number of nitrogens with one attached hydrogen (secondary N) is 1. The van der Waals surface area contributed by atoms with Crippen molar-refractivity contribution in [1.29, 1.82) is 0 Å². The Hall–Kier alpha value is -1.72. The molecule has 1 heterocycles. The van der Waals surface area contributed by atoms with Gasteiger partial charge in [-0.25, -0.2) is 4.98 Å². The molecule has 21 heavy (non-hydrogen) atoms. The van der Waals surface area contributed by atoms with E-state index in [1.54, 1.807) is 5.38 Å². The molecule has 4 nitrogen and oxygen atoms in total. The highest BCUT2D eigenvalue weighted by Crippen LogP contribution is 2.10. The smallest absolute Gasteiger partial charge is 0.270 e. The molecular weight excluding hydrogens is 282 g/mol. The van der Waals surface area contributed by atoms with Gasteiger partial charge in [0, 0.05) is 18.3 Å². The van der Waals surface area contributed by atoms with Crippen LogP contribution in [0.1, 0.15) is 33.5 Å². The molecule has 3 N–H and O–H groups in total. The van der Waals surface area contributed by atoms with E-state index in [-0.39, 0.29) is 5.91 Å². The lowest BCUT2D eigenvalue weighted by Crippen LogP contribution is -2.26. The van der Waals surface area contributed by atoms with E-state index in [4.69, 9.17) is 5.73 Å². The second kappa shape index (κ2) is 7.90. The van der Waals surface area contributed by atoms with Crippen molar-refractivity contribution in [3.8, 4) is 0 Å². The third-order valence-electron chi connectivity index (χ3n) is 3.27. The van der Waals surface area contributed by atoms with E-state index in [0.717, 1.165) is 24.3 Å². The van der Waals surface area contributed by atoms with E-state index >= 15 is 0 Å². The number of carbonyl (C=O) groups is 1. The topological polar surface area (TPSA) is 68.0 Å². The number of nitrogens with zero attached hydrogens (tertiary/aromatic N) is 1. The third kappa shape index (κ3) is 4.65. The van der Waals surface area contributed by atoms with Crippen molar-refractivity contribution in [2.75, 3.05) is 13.1 Å². The van der Waals surface area contributed by atoms with E-state index < -0.39 is 0 Å². The SMILES string of the molecule is CCc1ccc(CCNC(=O)c2csc(CCN)n2)cc1. The number of nitrogens with two attached hydrogens (primary N) is 1. The van der Waals surface area contributed by atoms with Crippen LogP contribution in [0.2, 0.25) is 0 Å². The number of benzene rings is 1. The summed E-state index contributed by atoms with van der Waals surface area (Å²) in [7, 11) is 0. The van der Waals surface area contributed by atoms with Gasteiger partial charge in [0.05, 0.1) is 5.01 Å². The van der Waals surface area contributed by atoms with Gasteiger partial charge in [0.25, 0.3) is 5.91 Å². The van der Waals surface area contributed by atoms with Crippen LogP contribution < -0.4 is 11.1 Å².